The Morgan fingerprint density at radius 2 is 1.57 bits per heavy atom. The third-order valence-corrected chi connectivity index (χ3v) is 3.83. The van der Waals surface area contributed by atoms with Crippen molar-refractivity contribution in [3.63, 3.8) is 0 Å². The first-order chi connectivity index (χ1) is 11.2. The molecule has 0 aromatic carbocycles. The van der Waals surface area contributed by atoms with Crippen LogP contribution < -0.4 is 0 Å². The van der Waals surface area contributed by atoms with Crippen LogP contribution in [0, 0.1) is 0 Å². The molecule has 1 unspecified atom stereocenters. The lowest BCUT2D eigenvalue weighted by atomic mass is 10.1. The minimum Gasteiger partial charge on any atom is -0.478 e. The largest absolute Gasteiger partial charge is 0.478 e. The smallest absolute Gasteiger partial charge is 0.328 e. The molecule has 1 aliphatic heterocycles. The van der Waals surface area contributed by atoms with Gasteiger partial charge in [-0.3, -0.25) is 0 Å². The van der Waals surface area contributed by atoms with Gasteiger partial charge in [-0.15, -0.1) is 0 Å². The summed E-state index contributed by atoms with van der Waals surface area (Å²) in [6.07, 6.45) is 25.2. The van der Waals surface area contributed by atoms with Crippen LogP contribution in [0.25, 0.3) is 0 Å². The third-order valence-electron chi connectivity index (χ3n) is 3.83. The fourth-order valence-electron chi connectivity index (χ4n) is 2.45. The second-order valence-corrected chi connectivity index (χ2v) is 5.90. The number of epoxide rings is 1. The van der Waals surface area contributed by atoms with Crippen LogP contribution >= 0.6 is 0 Å². The lowest BCUT2D eigenvalue weighted by Gasteiger charge is -1.98. The Labute approximate surface area is 140 Å². The summed E-state index contributed by atoms with van der Waals surface area (Å²) in [4.78, 5) is 10.2. The monoisotopic (exact) mass is 318 g/mol. The summed E-state index contributed by atoms with van der Waals surface area (Å²) in [5, 5.41) is 8.41. The fraction of sp³-hybridized carbons (Fsp3) is 0.550. The van der Waals surface area contributed by atoms with Crippen molar-refractivity contribution < 1.29 is 14.6 Å². The summed E-state index contributed by atoms with van der Waals surface area (Å²) in [7, 11) is 0. The minimum atomic E-state index is -0.932. The Balaban J connectivity index is 1.97. The number of hydrogen-bond donors (Lipinski definition) is 1. The van der Waals surface area contributed by atoms with E-state index in [-0.39, 0.29) is 0 Å². The van der Waals surface area contributed by atoms with E-state index in [0.717, 1.165) is 12.5 Å². The first-order valence-electron chi connectivity index (χ1n) is 8.79. The zero-order valence-corrected chi connectivity index (χ0v) is 14.2. The molecule has 0 aliphatic carbocycles. The van der Waals surface area contributed by atoms with Crippen molar-refractivity contribution in [3.05, 3.63) is 48.6 Å². The predicted octanol–water partition coefficient (Wildman–Crippen LogP) is 5.20. The van der Waals surface area contributed by atoms with Crippen molar-refractivity contribution in [2.45, 2.75) is 70.5 Å². The molecular formula is C20H30O3. The van der Waals surface area contributed by atoms with Gasteiger partial charge in [-0.05, 0) is 12.8 Å². The molecule has 0 aromatic rings. The van der Waals surface area contributed by atoms with E-state index in [2.05, 4.69) is 13.0 Å². The number of allylic oxidation sites excluding steroid dienone is 6. The molecule has 0 amide bonds. The topological polar surface area (TPSA) is 49.8 Å². The Bertz CT molecular complexity index is 432. The Morgan fingerprint density at radius 1 is 0.913 bits per heavy atom. The van der Waals surface area contributed by atoms with E-state index in [9.17, 15) is 4.79 Å². The lowest BCUT2D eigenvalue weighted by Crippen LogP contribution is -1.92. The molecule has 0 radical (unpaired) electrons. The van der Waals surface area contributed by atoms with Crippen LogP contribution in [0.1, 0.15) is 58.3 Å². The van der Waals surface area contributed by atoms with Crippen LogP contribution in [0.15, 0.2) is 48.6 Å². The van der Waals surface area contributed by atoms with Crippen LogP contribution in [0.3, 0.4) is 0 Å². The van der Waals surface area contributed by atoms with Crippen molar-refractivity contribution in [2.75, 3.05) is 0 Å². The van der Waals surface area contributed by atoms with Crippen molar-refractivity contribution in [3.8, 4) is 0 Å². The van der Waals surface area contributed by atoms with Gasteiger partial charge in [-0.25, -0.2) is 4.79 Å². The minimum absolute atomic E-state index is 0.421. The second-order valence-electron chi connectivity index (χ2n) is 5.90. The molecule has 0 aromatic heterocycles. The number of hydrogen-bond acceptors (Lipinski definition) is 2. The van der Waals surface area contributed by atoms with Gasteiger partial charge in [0.05, 0.1) is 12.2 Å². The highest BCUT2D eigenvalue weighted by Gasteiger charge is 2.36. The van der Waals surface area contributed by atoms with Crippen molar-refractivity contribution in [1.82, 2.24) is 0 Å². The quantitative estimate of drug-likeness (QED) is 0.220. The van der Waals surface area contributed by atoms with Gasteiger partial charge in [0.1, 0.15) is 0 Å². The molecule has 3 heteroatoms. The molecule has 1 rings (SSSR count). The van der Waals surface area contributed by atoms with E-state index < -0.39 is 5.97 Å². The second kappa shape index (κ2) is 12.9. The highest BCUT2D eigenvalue weighted by Crippen LogP contribution is 2.30. The Hall–Kier alpha value is -1.61. The zero-order valence-electron chi connectivity index (χ0n) is 14.2. The zero-order chi connectivity index (χ0) is 16.8. The number of rotatable bonds is 13. The molecule has 1 aliphatic rings. The summed E-state index contributed by atoms with van der Waals surface area (Å²) in [6.45, 7) is 2.25. The summed E-state index contributed by atoms with van der Waals surface area (Å²) >= 11 is 0. The number of carboxylic acids is 1. The molecule has 0 saturated carbocycles. The van der Waals surface area contributed by atoms with Gasteiger partial charge in [-0.2, -0.15) is 0 Å². The molecule has 1 fully saturated rings. The fourth-order valence-corrected chi connectivity index (χ4v) is 2.45. The van der Waals surface area contributed by atoms with Crippen molar-refractivity contribution >= 4 is 5.97 Å². The first-order valence-corrected chi connectivity index (χ1v) is 8.79. The molecule has 0 bridgehead atoms. The SMILES string of the molecule is CCCCCCCCC1O[C@H]1CC=CC=CC=CC=CC(=O)O. The van der Waals surface area contributed by atoms with E-state index in [4.69, 9.17) is 9.84 Å². The standard InChI is InChI=1S/C20H30O3/c1-2-3-4-5-9-12-15-18-19(23-18)16-13-10-7-6-8-11-14-17-20(21)22/h6-8,10-11,13-14,17-19H,2-5,9,12,15-16H2,1H3,(H,21,22)/t18?,19-/m0/s1. The lowest BCUT2D eigenvalue weighted by molar-refractivity contribution is -0.131. The summed E-state index contributed by atoms with van der Waals surface area (Å²) in [5.41, 5.74) is 0. The maximum Gasteiger partial charge on any atom is 0.328 e. The summed E-state index contributed by atoms with van der Waals surface area (Å²) < 4.78 is 5.67. The number of carbonyl (C=O) groups is 1. The van der Waals surface area contributed by atoms with Gasteiger partial charge in [-0.1, -0.05) is 88.0 Å². The van der Waals surface area contributed by atoms with Gasteiger partial charge >= 0.3 is 5.97 Å². The summed E-state index contributed by atoms with van der Waals surface area (Å²) in [5.74, 6) is -0.932. The number of ether oxygens (including phenoxy) is 1. The molecule has 1 saturated heterocycles. The average Bonchev–Trinajstić information content (AvgIpc) is 3.27. The van der Waals surface area contributed by atoms with Crippen LogP contribution in [-0.2, 0) is 9.53 Å². The maximum atomic E-state index is 10.2. The van der Waals surface area contributed by atoms with Gasteiger partial charge in [0.2, 0.25) is 0 Å². The van der Waals surface area contributed by atoms with Crippen molar-refractivity contribution in [2.24, 2.45) is 0 Å². The average molecular weight is 318 g/mol. The molecule has 23 heavy (non-hydrogen) atoms. The van der Waals surface area contributed by atoms with Crippen LogP contribution in [0.4, 0.5) is 0 Å². The van der Waals surface area contributed by atoms with Gasteiger partial charge < -0.3 is 9.84 Å². The Morgan fingerprint density at radius 3 is 2.30 bits per heavy atom. The van der Waals surface area contributed by atoms with Gasteiger partial charge in [0.15, 0.2) is 0 Å². The van der Waals surface area contributed by atoms with Crippen LogP contribution in [0.5, 0.6) is 0 Å². The van der Waals surface area contributed by atoms with Crippen molar-refractivity contribution in [1.29, 1.82) is 0 Å². The first kappa shape index (κ1) is 19.4. The Kier molecular flexibility index (Phi) is 10.9. The highest BCUT2D eigenvalue weighted by atomic mass is 16.6. The summed E-state index contributed by atoms with van der Waals surface area (Å²) in [6, 6.07) is 0. The van der Waals surface area contributed by atoms with Gasteiger partial charge in [0, 0.05) is 6.08 Å². The normalized spacial score (nSPS) is 21.3. The molecule has 128 valence electrons. The maximum absolute atomic E-state index is 10.2. The third kappa shape index (κ3) is 11.6. The van der Waals surface area contributed by atoms with E-state index in [1.165, 1.54) is 51.0 Å². The molecule has 0 spiro atoms. The molecule has 3 nitrogen and oxygen atoms in total. The van der Waals surface area contributed by atoms with E-state index >= 15 is 0 Å². The number of carboxylic acid groups (broad SMARTS) is 1. The molecule has 2 atom stereocenters. The molecule has 1 heterocycles. The predicted molar refractivity (Wildman–Crippen MR) is 95.5 cm³/mol. The van der Waals surface area contributed by atoms with E-state index in [0.29, 0.717) is 12.2 Å². The highest BCUT2D eigenvalue weighted by molar-refractivity contribution is 5.80. The van der Waals surface area contributed by atoms with Crippen LogP contribution in [-0.4, -0.2) is 23.3 Å². The van der Waals surface area contributed by atoms with Crippen LogP contribution in [0.2, 0.25) is 0 Å². The number of aliphatic carboxylic acids is 1. The molecule has 1 N–H and O–H groups in total. The van der Waals surface area contributed by atoms with E-state index in [1.54, 1.807) is 12.2 Å². The number of unbranched alkanes of at least 4 members (excludes halogenated alkanes) is 5. The van der Waals surface area contributed by atoms with Gasteiger partial charge in [0.25, 0.3) is 0 Å². The van der Waals surface area contributed by atoms with E-state index in [1.807, 2.05) is 18.2 Å². The molecular weight excluding hydrogens is 288 g/mol.